The quantitative estimate of drug-likeness (QED) is 0.920. The number of thiophene rings is 1. The SMILES string of the molecule is CCNCC1CCN(C(=O)c2cc(Cl)sc2Cl)CC1. The van der Waals surface area contributed by atoms with Crippen molar-refractivity contribution in [2.24, 2.45) is 5.92 Å². The minimum Gasteiger partial charge on any atom is -0.339 e. The van der Waals surface area contributed by atoms with Gasteiger partial charge in [0.15, 0.2) is 0 Å². The number of piperidine rings is 1. The Kier molecular flexibility index (Phi) is 5.51. The third-order valence-electron chi connectivity index (χ3n) is 3.47. The first-order valence-corrected chi connectivity index (χ1v) is 8.14. The zero-order valence-corrected chi connectivity index (χ0v) is 13.2. The fourth-order valence-corrected chi connectivity index (χ4v) is 3.79. The van der Waals surface area contributed by atoms with Crippen molar-refractivity contribution in [1.82, 2.24) is 10.2 Å². The fraction of sp³-hybridized carbons (Fsp3) is 0.615. The van der Waals surface area contributed by atoms with E-state index >= 15 is 0 Å². The summed E-state index contributed by atoms with van der Waals surface area (Å²) in [4.78, 5) is 14.2. The van der Waals surface area contributed by atoms with E-state index in [9.17, 15) is 4.79 Å². The number of hydrogen-bond acceptors (Lipinski definition) is 3. The van der Waals surface area contributed by atoms with Crippen molar-refractivity contribution < 1.29 is 4.79 Å². The first-order chi connectivity index (χ1) is 9.11. The number of nitrogens with one attached hydrogen (secondary N) is 1. The van der Waals surface area contributed by atoms with Gasteiger partial charge in [-0.3, -0.25) is 4.79 Å². The number of nitrogens with zero attached hydrogens (tertiary/aromatic N) is 1. The van der Waals surface area contributed by atoms with Gasteiger partial charge in [0, 0.05) is 13.1 Å². The van der Waals surface area contributed by atoms with Gasteiger partial charge in [0.2, 0.25) is 0 Å². The summed E-state index contributed by atoms with van der Waals surface area (Å²) >= 11 is 13.2. The fourth-order valence-electron chi connectivity index (χ4n) is 2.35. The molecule has 1 fully saturated rings. The lowest BCUT2D eigenvalue weighted by molar-refractivity contribution is 0.0691. The van der Waals surface area contributed by atoms with E-state index in [1.165, 1.54) is 11.3 Å². The second-order valence-corrected chi connectivity index (χ2v) is 7.07. The highest BCUT2D eigenvalue weighted by Crippen LogP contribution is 2.32. The molecule has 0 radical (unpaired) electrons. The molecule has 6 heteroatoms. The lowest BCUT2D eigenvalue weighted by Gasteiger charge is -2.32. The number of carbonyl (C=O) groups excluding carboxylic acids is 1. The summed E-state index contributed by atoms with van der Waals surface area (Å²) in [5, 5.41) is 3.37. The summed E-state index contributed by atoms with van der Waals surface area (Å²) in [5.41, 5.74) is 0.543. The molecule has 1 aromatic rings. The number of rotatable bonds is 4. The van der Waals surface area contributed by atoms with E-state index in [1.807, 2.05) is 4.90 Å². The molecule has 1 N–H and O–H groups in total. The highest BCUT2D eigenvalue weighted by molar-refractivity contribution is 7.20. The van der Waals surface area contributed by atoms with Crippen LogP contribution in [0.25, 0.3) is 0 Å². The highest BCUT2D eigenvalue weighted by Gasteiger charge is 2.25. The number of likely N-dealkylation sites (tertiary alicyclic amines) is 1. The Labute approximate surface area is 127 Å². The molecule has 19 heavy (non-hydrogen) atoms. The van der Waals surface area contributed by atoms with Crippen LogP contribution in [0.2, 0.25) is 8.67 Å². The van der Waals surface area contributed by atoms with Crippen molar-refractivity contribution in [2.75, 3.05) is 26.2 Å². The molecule has 3 nitrogen and oxygen atoms in total. The van der Waals surface area contributed by atoms with Crippen molar-refractivity contribution in [3.05, 3.63) is 20.3 Å². The molecule has 1 aliphatic heterocycles. The monoisotopic (exact) mass is 320 g/mol. The van der Waals surface area contributed by atoms with Crippen LogP contribution in [-0.2, 0) is 0 Å². The maximum atomic E-state index is 12.3. The number of halogens is 2. The predicted molar refractivity (Wildman–Crippen MR) is 81.5 cm³/mol. The van der Waals surface area contributed by atoms with Crippen LogP contribution in [0.3, 0.4) is 0 Å². The van der Waals surface area contributed by atoms with Crippen LogP contribution in [-0.4, -0.2) is 37.0 Å². The first-order valence-electron chi connectivity index (χ1n) is 6.56. The van der Waals surface area contributed by atoms with Gasteiger partial charge in [0.05, 0.1) is 9.90 Å². The van der Waals surface area contributed by atoms with E-state index < -0.39 is 0 Å². The van der Waals surface area contributed by atoms with E-state index in [0.717, 1.165) is 39.0 Å². The Morgan fingerprint density at radius 1 is 1.47 bits per heavy atom. The molecule has 106 valence electrons. The molecule has 1 aromatic heterocycles. The zero-order valence-electron chi connectivity index (χ0n) is 10.9. The molecule has 0 atom stereocenters. The molecular weight excluding hydrogens is 303 g/mol. The van der Waals surface area contributed by atoms with Gasteiger partial charge >= 0.3 is 0 Å². The molecule has 1 amide bonds. The maximum Gasteiger partial charge on any atom is 0.256 e. The van der Waals surface area contributed by atoms with Crippen LogP contribution in [0.5, 0.6) is 0 Å². The van der Waals surface area contributed by atoms with Gasteiger partial charge in [-0.1, -0.05) is 30.1 Å². The maximum absolute atomic E-state index is 12.3. The molecule has 0 unspecified atom stereocenters. The number of carbonyl (C=O) groups is 1. The van der Waals surface area contributed by atoms with E-state index in [-0.39, 0.29) is 5.91 Å². The molecule has 1 saturated heterocycles. The molecule has 0 saturated carbocycles. The molecule has 0 aliphatic carbocycles. The summed E-state index contributed by atoms with van der Waals surface area (Å²) in [7, 11) is 0. The van der Waals surface area contributed by atoms with Crippen LogP contribution >= 0.6 is 34.5 Å². The number of amides is 1. The van der Waals surface area contributed by atoms with Crippen LogP contribution in [0.1, 0.15) is 30.1 Å². The average molecular weight is 321 g/mol. The van der Waals surface area contributed by atoms with Crippen molar-refractivity contribution in [3.63, 3.8) is 0 Å². The van der Waals surface area contributed by atoms with E-state index in [0.29, 0.717) is 20.2 Å². The summed E-state index contributed by atoms with van der Waals surface area (Å²) in [5.74, 6) is 0.681. The minimum atomic E-state index is 0.00931. The van der Waals surface area contributed by atoms with Gasteiger partial charge in [-0.2, -0.15) is 0 Å². The minimum absolute atomic E-state index is 0.00931. The normalized spacial score (nSPS) is 16.9. The van der Waals surface area contributed by atoms with Gasteiger partial charge in [-0.25, -0.2) is 0 Å². The Morgan fingerprint density at radius 3 is 2.68 bits per heavy atom. The standard InChI is InChI=1S/C13H18Cl2N2OS/c1-2-16-8-9-3-5-17(6-4-9)13(18)10-7-11(14)19-12(10)15/h7,9,16H,2-6,8H2,1H3. The van der Waals surface area contributed by atoms with E-state index in [4.69, 9.17) is 23.2 Å². The summed E-state index contributed by atoms with van der Waals surface area (Å²) in [6.07, 6.45) is 2.10. The zero-order chi connectivity index (χ0) is 13.8. The van der Waals surface area contributed by atoms with Gasteiger partial charge in [-0.05, 0) is 37.9 Å². The van der Waals surface area contributed by atoms with Crippen molar-refractivity contribution in [1.29, 1.82) is 0 Å². The van der Waals surface area contributed by atoms with Crippen LogP contribution in [0, 0.1) is 5.92 Å². The summed E-state index contributed by atoms with van der Waals surface area (Å²) < 4.78 is 1.06. The second kappa shape index (κ2) is 6.93. The van der Waals surface area contributed by atoms with Crippen molar-refractivity contribution in [3.8, 4) is 0 Å². The van der Waals surface area contributed by atoms with Crippen LogP contribution < -0.4 is 5.32 Å². The van der Waals surface area contributed by atoms with Gasteiger partial charge in [-0.15, -0.1) is 11.3 Å². The van der Waals surface area contributed by atoms with E-state index in [2.05, 4.69) is 12.2 Å². The molecule has 0 spiro atoms. The van der Waals surface area contributed by atoms with Gasteiger partial charge < -0.3 is 10.2 Å². The Morgan fingerprint density at radius 2 is 2.16 bits per heavy atom. The predicted octanol–water partition coefficient (Wildman–Crippen LogP) is 3.52. The molecule has 2 heterocycles. The molecule has 0 aromatic carbocycles. The van der Waals surface area contributed by atoms with Gasteiger partial charge in [0.1, 0.15) is 4.34 Å². The molecule has 0 bridgehead atoms. The summed E-state index contributed by atoms with van der Waals surface area (Å²) in [6.45, 7) is 5.77. The molecule has 1 aliphatic rings. The lowest BCUT2D eigenvalue weighted by atomic mass is 9.96. The van der Waals surface area contributed by atoms with Crippen LogP contribution in [0.15, 0.2) is 6.07 Å². The Balaban J connectivity index is 1.91. The lowest BCUT2D eigenvalue weighted by Crippen LogP contribution is -2.40. The smallest absolute Gasteiger partial charge is 0.256 e. The molecule has 2 rings (SSSR count). The second-order valence-electron chi connectivity index (χ2n) is 4.78. The van der Waals surface area contributed by atoms with Crippen molar-refractivity contribution >= 4 is 40.4 Å². The number of hydrogen-bond donors (Lipinski definition) is 1. The largest absolute Gasteiger partial charge is 0.339 e. The Bertz CT molecular complexity index is 442. The van der Waals surface area contributed by atoms with Crippen LogP contribution in [0.4, 0.5) is 0 Å². The highest BCUT2D eigenvalue weighted by atomic mass is 35.5. The molecular formula is C13H18Cl2N2OS. The topological polar surface area (TPSA) is 32.3 Å². The summed E-state index contributed by atoms with van der Waals surface area (Å²) in [6, 6.07) is 1.67. The third-order valence-corrected chi connectivity index (χ3v) is 4.96. The van der Waals surface area contributed by atoms with Crippen molar-refractivity contribution in [2.45, 2.75) is 19.8 Å². The van der Waals surface area contributed by atoms with E-state index in [1.54, 1.807) is 6.07 Å². The Hall–Kier alpha value is -0.290. The average Bonchev–Trinajstić information content (AvgIpc) is 2.75. The van der Waals surface area contributed by atoms with Gasteiger partial charge in [0.25, 0.3) is 5.91 Å². The first kappa shape index (κ1) is 15.1. The third kappa shape index (κ3) is 3.85.